The zero-order valence-corrected chi connectivity index (χ0v) is 46.6. The summed E-state index contributed by atoms with van der Waals surface area (Å²) in [6, 6.07) is 0. The second-order valence-corrected chi connectivity index (χ2v) is 19.3. The predicted octanol–water partition coefficient (Wildman–Crippen LogP) is 20.4. The number of aliphatic hydroxyl groups excluding tert-OH is 1. The Morgan fingerprint density at radius 1 is 0.333 bits per heavy atom. The van der Waals surface area contributed by atoms with Crippen molar-refractivity contribution < 1.29 is 24.2 Å². The first-order valence-electron chi connectivity index (χ1n) is 29.7. The zero-order valence-electron chi connectivity index (χ0n) is 46.6. The molecule has 0 saturated heterocycles. The van der Waals surface area contributed by atoms with Crippen LogP contribution in [0, 0.1) is 0 Å². The van der Waals surface area contributed by atoms with Crippen LogP contribution in [0.2, 0.25) is 0 Å². The third kappa shape index (κ3) is 58.6. The molecular weight excluding hydrogens is 885 g/mol. The fraction of sp³-hybridized carbons (Fsp3) is 0.642. The Morgan fingerprint density at radius 2 is 0.597 bits per heavy atom. The maximum absolute atomic E-state index is 12.3. The van der Waals surface area contributed by atoms with Crippen LogP contribution >= 0.6 is 0 Å². The van der Waals surface area contributed by atoms with Gasteiger partial charge in [-0.05, 0) is 116 Å². The van der Waals surface area contributed by atoms with E-state index in [0.717, 1.165) is 109 Å². The van der Waals surface area contributed by atoms with E-state index in [1.807, 2.05) is 0 Å². The van der Waals surface area contributed by atoms with Gasteiger partial charge in [-0.25, -0.2) is 0 Å². The number of hydrogen-bond acceptors (Lipinski definition) is 5. The Morgan fingerprint density at radius 3 is 0.903 bits per heavy atom. The number of carbonyl (C=O) groups is 2. The first kappa shape index (κ1) is 68.0. The molecule has 0 aromatic rings. The smallest absolute Gasteiger partial charge is 0.306 e. The van der Waals surface area contributed by atoms with Crippen LogP contribution in [0.3, 0.4) is 0 Å². The first-order valence-corrected chi connectivity index (χ1v) is 29.7. The van der Waals surface area contributed by atoms with Gasteiger partial charge in [-0.1, -0.05) is 263 Å². The van der Waals surface area contributed by atoms with Crippen molar-refractivity contribution in [1.29, 1.82) is 0 Å². The van der Waals surface area contributed by atoms with Gasteiger partial charge in [-0.15, -0.1) is 0 Å². The van der Waals surface area contributed by atoms with Gasteiger partial charge in [0.2, 0.25) is 0 Å². The van der Waals surface area contributed by atoms with Crippen molar-refractivity contribution in [3.63, 3.8) is 0 Å². The van der Waals surface area contributed by atoms with E-state index in [0.29, 0.717) is 12.8 Å². The lowest BCUT2D eigenvalue weighted by Crippen LogP contribution is -2.28. The number of unbranched alkanes of at least 4 members (excludes halogenated alkanes) is 23. The van der Waals surface area contributed by atoms with Gasteiger partial charge in [0.1, 0.15) is 6.61 Å². The minimum absolute atomic E-state index is 0.0782. The van der Waals surface area contributed by atoms with Gasteiger partial charge in [0.25, 0.3) is 0 Å². The molecule has 1 unspecified atom stereocenters. The average molecular weight is 996 g/mol. The van der Waals surface area contributed by atoms with Crippen LogP contribution in [0.15, 0.2) is 134 Å². The number of hydrogen-bond donors (Lipinski definition) is 1. The van der Waals surface area contributed by atoms with Crippen LogP contribution in [0.5, 0.6) is 0 Å². The third-order valence-corrected chi connectivity index (χ3v) is 12.4. The molecule has 0 heterocycles. The van der Waals surface area contributed by atoms with E-state index in [-0.39, 0.29) is 25.2 Å². The molecule has 0 bridgehead atoms. The fourth-order valence-corrected chi connectivity index (χ4v) is 7.99. The van der Waals surface area contributed by atoms with Gasteiger partial charge >= 0.3 is 11.9 Å². The second-order valence-electron chi connectivity index (χ2n) is 19.3. The molecule has 0 fully saturated rings. The molecule has 5 nitrogen and oxygen atoms in total. The molecule has 0 rings (SSSR count). The minimum atomic E-state index is -0.786. The van der Waals surface area contributed by atoms with E-state index < -0.39 is 6.10 Å². The highest BCUT2D eigenvalue weighted by molar-refractivity contribution is 5.70. The van der Waals surface area contributed by atoms with Gasteiger partial charge in [0.15, 0.2) is 6.10 Å². The molecule has 0 aliphatic carbocycles. The number of allylic oxidation sites excluding steroid dienone is 22. The summed E-state index contributed by atoms with van der Waals surface area (Å²) in [5, 5.41) is 9.65. The van der Waals surface area contributed by atoms with Gasteiger partial charge < -0.3 is 14.6 Å². The monoisotopic (exact) mass is 995 g/mol. The van der Waals surface area contributed by atoms with Crippen LogP contribution in [0.1, 0.15) is 258 Å². The fourth-order valence-electron chi connectivity index (χ4n) is 7.99. The van der Waals surface area contributed by atoms with Crippen LogP contribution in [0.25, 0.3) is 0 Å². The van der Waals surface area contributed by atoms with Crippen molar-refractivity contribution in [3.8, 4) is 0 Å². The van der Waals surface area contributed by atoms with E-state index >= 15 is 0 Å². The molecule has 72 heavy (non-hydrogen) atoms. The highest BCUT2D eigenvalue weighted by Crippen LogP contribution is 2.15. The molecule has 1 atom stereocenters. The molecule has 0 aliphatic rings. The Kier molecular flexibility index (Phi) is 58.0. The molecule has 0 aromatic carbocycles. The van der Waals surface area contributed by atoms with Gasteiger partial charge in [0, 0.05) is 12.8 Å². The summed E-state index contributed by atoms with van der Waals surface area (Å²) >= 11 is 0. The van der Waals surface area contributed by atoms with Crippen molar-refractivity contribution in [2.75, 3.05) is 13.2 Å². The van der Waals surface area contributed by atoms with Crippen LogP contribution in [0.4, 0.5) is 0 Å². The molecule has 5 heteroatoms. The maximum atomic E-state index is 12.3. The summed E-state index contributed by atoms with van der Waals surface area (Å²) in [6.07, 6.45) is 91.4. The number of aliphatic hydroxyl groups is 1. The van der Waals surface area contributed by atoms with Crippen molar-refractivity contribution in [3.05, 3.63) is 134 Å². The van der Waals surface area contributed by atoms with E-state index in [1.165, 1.54) is 122 Å². The van der Waals surface area contributed by atoms with Crippen LogP contribution in [-0.4, -0.2) is 36.4 Å². The zero-order chi connectivity index (χ0) is 52.0. The highest BCUT2D eigenvalue weighted by atomic mass is 16.6. The number of carbonyl (C=O) groups excluding carboxylic acids is 2. The number of esters is 2. The lowest BCUT2D eigenvalue weighted by Gasteiger charge is -2.15. The van der Waals surface area contributed by atoms with Gasteiger partial charge in [-0.2, -0.15) is 0 Å². The number of rotatable bonds is 53. The lowest BCUT2D eigenvalue weighted by molar-refractivity contribution is -0.161. The molecule has 408 valence electrons. The first-order chi connectivity index (χ1) is 35.6. The van der Waals surface area contributed by atoms with E-state index in [9.17, 15) is 14.7 Å². The SMILES string of the molecule is CC/C=C\C/C=C\C/C=C\C/C=C\C/C=C\C/C=C\C/C=C\C/C=C\CCCCCCCCCCCCCCCCC(=O)OC(CO)COC(=O)CCCCCCCC/C=C\C/C=C\C/C=C\CCCCC. The lowest BCUT2D eigenvalue weighted by atomic mass is 10.0. The normalized spacial score (nSPS) is 13.2. The summed E-state index contributed by atoms with van der Waals surface area (Å²) in [7, 11) is 0. The number of ether oxygens (including phenoxy) is 2. The van der Waals surface area contributed by atoms with Gasteiger partial charge in [-0.3, -0.25) is 9.59 Å². The minimum Gasteiger partial charge on any atom is -0.462 e. The topological polar surface area (TPSA) is 72.8 Å². The van der Waals surface area contributed by atoms with Crippen molar-refractivity contribution in [1.82, 2.24) is 0 Å². The van der Waals surface area contributed by atoms with Crippen LogP contribution in [-0.2, 0) is 19.1 Å². The Labute approximate surface area is 445 Å². The summed E-state index contributed by atoms with van der Waals surface area (Å²) < 4.78 is 10.7. The van der Waals surface area contributed by atoms with Crippen molar-refractivity contribution in [2.45, 2.75) is 264 Å². The molecule has 0 amide bonds. The molecule has 0 radical (unpaired) electrons. The predicted molar refractivity (Wildman–Crippen MR) is 315 cm³/mol. The van der Waals surface area contributed by atoms with E-state index in [4.69, 9.17) is 9.47 Å². The summed E-state index contributed by atoms with van der Waals surface area (Å²) in [4.78, 5) is 24.5. The summed E-state index contributed by atoms with van der Waals surface area (Å²) in [6.45, 7) is 3.99. The average Bonchev–Trinajstić information content (AvgIpc) is 3.38. The third-order valence-electron chi connectivity index (χ3n) is 12.4. The van der Waals surface area contributed by atoms with E-state index in [1.54, 1.807) is 0 Å². The van der Waals surface area contributed by atoms with Crippen molar-refractivity contribution in [2.24, 2.45) is 0 Å². The van der Waals surface area contributed by atoms with Crippen LogP contribution < -0.4 is 0 Å². The molecule has 1 N–H and O–H groups in total. The Hall–Kier alpha value is -3.96. The van der Waals surface area contributed by atoms with E-state index in [2.05, 4.69) is 148 Å². The molecule has 0 saturated carbocycles. The summed E-state index contributed by atoms with van der Waals surface area (Å²) in [5.74, 6) is -0.608. The quantitative estimate of drug-likeness (QED) is 0.0373. The molecule has 0 spiro atoms. The highest BCUT2D eigenvalue weighted by Gasteiger charge is 2.16. The Bertz CT molecular complexity index is 1500. The molecular formula is C67H110O5. The van der Waals surface area contributed by atoms with Gasteiger partial charge in [0.05, 0.1) is 6.61 Å². The maximum Gasteiger partial charge on any atom is 0.306 e. The Balaban J connectivity index is 3.54. The molecule has 0 aliphatic heterocycles. The largest absolute Gasteiger partial charge is 0.462 e. The molecule has 0 aromatic heterocycles. The standard InChI is InChI=1S/C67H110O5/c1-3-5-7-9-11-13-15-17-19-21-23-24-25-26-27-28-29-30-31-32-33-34-35-36-37-38-39-40-41-42-44-46-48-50-52-54-56-58-60-62-67(70)72-65(63-68)64-71-66(69)61-59-57-55-53-51-49-47-45-43-22-20-18-16-14-12-10-8-6-4-2/h5,7,11-14,17-20,23-24,26-27,29-30,32-33,35-36,43,45,65,68H,3-4,6,8-10,15-16,21-22,25,28,31,34,37-42,44,46-64H2,1-2H3/b7-5-,13-11-,14-12-,19-17-,20-18-,24-23-,27-26-,30-29-,33-32-,36-35-,45-43-. The van der Waals surface area contributed by atoms with Crippen molar-refractivity contribution >= 4 is 11.9 Å². The summed E-state index contributed by atoms with van der Waals surface area (Å²) in [5.41, 5.74) is 0. The second kappa shape index (κ2) is 61.3.